The summed E-state index contributed by atoms with van der Waals surface area (Å²) in [6, 6.07) is 17.7. The maximum Gasteiger partial charge on any atom is 0.226 e. The number of aryl methyl sites for hydroxylation is 4. The van der Waals surface area contributed by atoms with Crippen molar-refractivity contribution in [2.75, 3.05) is 6.54 Å². The van der Waals surface area contributed by atoms with Crippen molar-refractivity contribution in [3.05, 3.63) is 97.6 Å². The van der Waals surface area contributed by atoms with Crippen molar-refractivity contribution in [2.45, 2.75) is 60.0 Å². The quantitative estimate of drug-likeness (QED) is 0.314. The van der Waals surface area contributed by atoms with Gasteiger partial charge in [0.05, 0.1) is 11.7 Å². The van der Waals surface area contributed by atoms with Gasteiger partial charge in [-0.2, -0.15) is 0 Å². The summed E-state index contributed by atoms with van der Waals surface area (Å²) in [7, 11) is 0. The molecule has 0 fully saturated rings. The van der Waals surface area contributed by atoms with E-state index < -0.39 is 0 Å². The Morgan fingerprint density at radius 3 is 2.61 bits per heavy atom. The van der Waals surface area contributed by atoms with Crippen LogP contribution in [0.15, 0.2) is 52.9 Å². The van der Waals surface area contributed by atoms with Crippen LogP contribution >= 0.6 is 11.3 Å². The first kappa shape index (κ1) is 22.1. The summed E-state index contributed by atoms with van der Waals surface area (Å²) in [5.41, 5.74) is 9.05. The van der Waals surface area contributed by atoms with E-state index in [2.05, 4.69) is 81.1 Å². The highest BCUT2D eigenvalue weighted by atomic mass is 32.1. The zero-order chi connectivity index (χ0) is 23.1. The maximum atomic E-state index is 6.19. The Hall–Kier alpha value is -2.69. The van der Waals surface area contributed by atoms with Crippen LogP contribution in [-0.2, 0) is 19.4 Å². The molecule has 0 bridgehead atoms. The molecule has 0 saturated heterocycles. The number of nitrogens with zero attached hydrogens (tertiary/aromatic N) is 2. The molecular formula is C29H32N2OS. The number of hydrogen-bond acceptors (Lipinski definition) is 4. The fraction of sp³-hybridized carbons (Fsp3) is 0.345. The molecule has 2 aromatic heterocycles. The van der Waals surface area contributed by atoms with E-state index in [1.165, 1.54) is 26.4 Å². The van der Waals surface area contributed by atoms with E-state index >= 15 is 0 Å². The largest absolute Gasteiger partial charge is 0.441 e. The molecular weight excluding hydrogens is 424 g/mol. The number of hydrogen-bond donors (Lipinski definition) is 0. The van der Waals surface area contributed by atoms with Gasteiger partial charge in [0, 0.05) is 28.4 Å². The Kier molecular flexibility index (Phi) is 5.98. The summed E-state index contributed by atoms with van der Waals surface area (Å²) in [5, 5.41) is 0. The molecule has 2 aromatic carbocycles. The van der Waals surface area contributed by atoms with Gasteiger partial charge in [0.1, 0.15) is 5.76 Å². The lowest BCUT2D eigenvalue weighted by atomic mass is 9.91. The second-order valence-electron chi connectivity index (χ2n) is 9.21. The number of thiophene rings is 1. The predicted octanol–water partition coefficient (Wildman–Crippen LogP) is 7.35. The smallest absolute Gasteiger partial charge is 0.226 e. The summed E-state index contributed by atoms with van der Waals surface area (Å²) in [5.74, 6) is 1.65. The molecule has 0 amide bonds. The molecule has 3 heterocycles. The second-order valence-corrected chi connectivity index (χ2v) is 10.5. The lowest BCUT2D eigenvalue weighted by Crippen LogP contribution is -2.35. The zero-order valence-electron chi connectivity index (χ0n) is 20.2. The summed E-state index contributed by atoms with van der Waals surface area (Å²) in [4.78, 5) is 10.6. The molecule has 1 atom stereocenters. The summed E-state index contributed by atoms with van der Waals surface area (Å²) in [6.07, 6.45) is 2.22. The van der Waals surface area contributed by atoms with Crippen molar-refractivity contribution in [1.82, 2.24) is 9.88 Å². The highest BCUT2D eigenvalue weighted by molar-refractivity contribution is 7.12. The predicted molar refractivity (Wildman–Crippen MR) is 137 cm³/mol. The van der Waals surface area contributed by atoms with Crippen molar-refractivity contribution >= 4 is 11.3 Å². The van der Waals surface area contributed by atoms with Crippen LogP contribution in [0.5, 0.6) is 0 Å². The van der Waals surface area contributed by atoms with Gasteiger partial charge in [-0.1, -0.05) is 55.0 Å². The Bertz CT molecular complexity index is 1280. The average molecular weight is 457 g/mol. The van der Waals surface area contributed by atoms with Crippen LogP contribution in [0.4, 0.5) is 0 Å². The normalized spacial score (nSPS) is 16.2. The van der Waals surface area contributed by atoms with Crippen LogP contribution < -0.4 is 0 Å². The summed E-state index contributed by atoms with van der Waals surface area (Å²) < 4.78 is 6.19. The van der Waals surface area contributed by atoms with Gasteiger partial charge in [0.25, 0.3) is 0 Å². The standard InChI is InChI=1S/C29H32N2OS/c1-6-23-21(5)33-28-24(23)14-15-31(27(28)22-10-8-7-9-11-22)17-26-20(4)32-29(30-26)25-16-18(2)12-13-19(25)3/h7-13,16,27H,6,14-15,17H2,1-5H3. The molecule has 0 aliphatic carbocycles. The van der Waals surface area contributed by atoms with E-state index in [1.807, 2.05) is 18.3 Å². The molecule has 0 saturated carbocycles. The first-order valence-corrected chi connectivity index (χ1v) is 12.7. The van der Waals surface area contributed by atoms with E-state index in [1.54, 1.807) is 11.1 Å². The van der Waals surface area contributed by atoms with E-state index in [0.717, 1.165) is 48.8 Å². The van der Waals surface area contributed by atoms with Gasteiger partial charge in [-0.25, -0.2) is 4.98 Å². The zero-order valence-corrected chi connectivity index (χ0v) is 21.1. The Morgan fingerprint density at radius 2 is 1.85 bits per heavy atom. The van der Waals surface area contributed by atoms with Crippen LogP contribution in [0.25, 0.3) is 11.5 Å². The fourth-order valence-electron chi connectivity index (χ4n) is 5.17. The molecule has 170 valence electrons. The third kappa shape index (κ3) is 4.07. The molecule has 0 N–H and O–H groups in total. The van der Waals surface area contributed by atoms with Crippen molar-refractivity contribution in [3.63, 3.8) is 0 Å². The molecule has 0 spiro atoms. The molecule has 4 aromatic rings. The van der Waals surface area contributed by atoms with Gasteiger partial charge < -0.3 is 4.42 Å². The topological polar surface area (TPSA) is 29.3 Å². The van der Waals surface area contributed by atoms with Crippen LogP contribution in [0.2, 0.25) is 0 Å². The van der Waals surface area contributed by atoms with Crippen molar-refractivity contribution in [1.29, 1.82) is 0 Å². The number of fused-ring (bicyclic) bond motifs is 1. The van der Waals surface area contributed by atoms with Crippen LogP contribution in [-0.4, -0.2) is 16.4 Å². The van der Waals surface area contributed by atoms with E-state index in [0.29, 0.717) is 0 Å². The maximum absolute atomic E-state index is 6.19. The van der Waals surface area contributed by atoms with Crippen LogP contribution in [0.3, 0.4) is 0 Å². The van der Waals surface area contributed by atoms with Gasteiger partial charge >= 0.3 is 0 Å². The molecule has 0 radical (unpaired) electrons. The SMILES string of the molecule is CCc1c(C)sc2c1CCN(Cc1nc(-c3cc(C)ccc3C)oc1C)C2c1ccccc1. The molecule has 5 rings (SSSR count). The minimum Gasteiger partial charge on any atom is -0.441 e. The molecule has 33 heavy (non-hydrogen) atoms. The van der Waals surface area contributed by atoms with Gasteiger partial charge in [-0.05, 0) is 68.9 Å². The van der Waals surface area contributed by atoms with Gasteiger partial charge in [-0.3, -0.25) is 4.90 Å². The van der Waals surface area contributed by atoms with Crippen molar-refractivity contribution < 1.29 is 4.42 Å². The first-order chi connectivity index (χ1) is 16.0. The lowest BCUT2D eigenvalue weighted by Gasteiger charge is -2.36. The van der Waals surface area contributed by atoms with Crippen LogP contribution in [0, 0.1) is 27.7 Å². The summed E-state index contributed by atoms with van der Waals surface area (Å²) in [6.45, 7) is 12.7. The average Bonchev–Trinajstić information content (AvgIpc) is 3.34. The van der Waals surface area contributed by atoms with Crippen molar-refractivity contribution in [3.8, 4) is 11.5 Å². The minimum absolute atomic E-state index is 0.263. The fourth-order valence-corrected chi connectivity index (χ4v) is 6.64. The number of rotatable bonds is 5. The van der Waals surface area contributed by atoms with E-state index in [9.17, 15) is 0 Å². The molecule has 1 aliphatic heterocycles. The number of benzene rings is 2. The van der Waals surface area contributed by atoms with Gasteiger partial charge in [-0.15, -0.1) is 11.3 Å². The van der Waals surface area contributed by atoms with Crippen LogP contribution in [0.1, 0.15) is 62.0 Å². The third-order valence-corrected chi connectivity index (χ3v) is 8.19. The molecule has 4 heteroatoms. The minimum atomic E-state index is 0.263. The third-order valence-electron chi connectivity index (χ3n) is 6.95. The van der Waals surface area contributed by atoms with Gasteiger partial charge in [0.2, 0.25) is 5.89 Å². The second kappa shape index (κ2) is 8.92. The molecule has 3 nitrogen and oxygen atoms in total. The molecule has 1 unspecified atom stereocenters. The highest BCUT2D eigenvalue weighted by Gasteiger charge is 2.33. The Balaban J connectivity index is 1.52. The van der Waals surface area contributed by atoms with Crippen molar-refractivity contribution in [2.24, 2.45) is 0 Å². The van der Waals surface area contributed by atoms with E-state index in [4.69, 9.17) is 9.40 Å². The molecule has 1 aliphatic rings. The van der Waals surface area contributed by atoms with Gasteiger partial charge in [0.15, 0.2) is 0 Å². The lowest BCUT2D eigenvalue weighted by molar-refractivity contribution is 0.204. The highest BCUT2D eigenvalue weighted by Crippen LogP contribution is 2.43. The Morgan fingerprint density at radius 1 is 1.06 bits per heavy atom. The number of oxazole rings is 1. The van der Waals surface area contributed by atoms with E-state index in [-0.39, 0.29) is 6.04 Å². The monoisotopic (exact) mass is 456 g/mol. The number of aromatic nitrogens is 1. The summed E-state index contributed by atoms with van der Waals surface area (Å²) >= 11 is 1.98. The first-order valence-electron chi connectivity index (χ1n) is 11.9. The Labute approximate surface area is 201 Å².